The van der Waals surface area contributed by atoms with Crippen LogP contribution < -0.4 is 4.74 Å². The van der Waals surface area contributed by atoms with Crippen molar-refractivity contribution in [3.63, 3.8) is 0 Å². The van der Waals surface area contributed by atoms with Gasteiger partial charge in [-0.2, -0.15) is 12.6 Å². The SMILES string of the molecule is OCCOc1ccc(C=CCS)cc1. The summed E-state index contributed by atoms with van der Waals surface area (Å²) in [6.45, 7) is 0.382. The lowest BCUT2D eigenvalue weighted by Gasteiger charge is -2.03. The maximum atomic E-state index is 8.55. The van der Waals surface area contributed by atoms with E-state index in [9.17, 15) is 0 Å². The van der Waals surface area contributed by atoms with E-state index >= 15 is 0 Å². The maximum Gasteiger partial charge on any atom is 0.119 e. The van der Waals surface area contributed by atoms with E-state index in [1.54, 1.807) is 0 Å². The molecule has 1 aromatic rings. The number of aliphatic hydroxyl groups excluding tert-OH is 1. The van der Waals surface area contributed by atoms with Gasteiger partial charge in [0.05, 0.1) is 6.61 Å². The predicted molar refractivity (Wildman–Crippen MR) is 61.9 cm³/mol. The van der Waals surface area contributed by atoms with E-state index in [1.165, 1.54) is 0 Å². The van der Waals surface area contributed by atoms with Crippen molar-refractivity contribution in [1.29, 1.82) is 0 Å². The van der Waals surface area contributed by atoms with Gasteiger partial charge in [-0.3, -0.25) is 0 Å². The summed E-state index contributed by atoms with van der Waals surface area (Å²) in [7, 11) is 0. The van der Waals surface area contributed by atoms with Gasteiger partial charge < -0.3 is 9.84 Å². The van der Waals surface area contributed by atoms with E-state index in [-0.39, 0.29) is 6.61 Å². The summed E-state index contributed by atoms with van der Waals surface area (Å²) in [5, 5.41) is 8.55. The molecule has 14 heavy (non-hydrogen) atoms. The van der Waals surface area contributed by atoms with Crippen LogP contribution in [0.5, 0.6) is 5.75 Å². The molecule has 1 rings (SSSR count). The van der Waals surface area contributed by atoms with Crippen molar-refractivity contribution in [2.24, 2.45) is 0 Å². The summed E-state index contributed by atoms with van der Waals surface area (Å²) >= 11 is 4.08. The molecule has 1 aromatic carbocycles. The van der Waals surface area contributed by atoms with Crippen molar-refractivity contribution < 1.29 is 9.84 Å². The van der Waals surface area contributed by atoms with Crippen molar-refractivity contribution in [1.82, 2.24) is 0 Å². The molecule has 0 saturated carbocycles. The Labute approximate surface area is 89.6 Å². The smallest absolute Gasteiger partial charge is 0.119 e. The van der Waals surface area contributed by atoms with Crippen LogP contribution >= 0.6 is 12.6 Å². The first-order valence-corrected chi connectivity index (χ1v) is 5.11. The third-order valence-electron chi connectivity index (χ3n) is 1.66. The fourth-order valence-electron chi connectivity index (χ4n) is 1.03. The molecule has 2 nitrogen and oxygen atoms in total. The zero-order valence-corrected chi connectivity index (χ0v) is 8.78. The Kier molecular flexibility index (Phi) is 5.19. The Hall–Kier alpha value is -0.930. The Balaban J connectivity index is 2.54. The van der Waals surface area contributed by atoms with Crippen LogP contribution in [0.1, 0.15) is 5.56 Å². The van der Waals surface area contributed by atoms with Gasteiger partial charge in [0.15, 0.2) is 0 Å². The summed E-state index contributed by atoms with van der Waals surface area (Å²) in [4.78, 5) is 0. The van der Waals surface area contributed by atoms with Crippen LogP contribution in [0.15, 0.2) is 30.3 Å². The van der Waals surface area contributed by atoms with Gasteiger partial charge in [0.25, 0.3) is 0 Å². The van der Waals surface area contributed by atoms with E-state index in [0.29, 0.717) is 6.61 Å². The molecule has 0 unspecified atom stereocenters. The van der Waals surface area contributed by atoms with E-state index in [4.69, 9.17) is 9.84 Å². The number of hydrogen-bond donors (Lipinski definition) is 2. The molecule has 0 atom stereocenters. The van der Waals surface area contributed by atoms with Gasteiger partial charge in [-0.05, 0) is 17.7 Å². The molecule has 0 aliphatic carbocycles. The molecule has 76 valence electrons. The summed E-state index contributed by atoms with van der Waals surface area (Å²) in [6.07, 6.45) is 3.98. The number of aliphatic hydroxyl groups is 1. The number of benzene rings is 1. The fraction of sp³-hybridized carbons (Fsp3) is 0.273. The van der Waals surface area contributed by atoms with Crippen molar-refractivity contribution in [3.05, 3.63) is 35.9 Å². The molecule has 0 aliphatic heterocycles. The molecular weight excluding hydrogens is 196 g/mol. The molecule has 0 fully saturated rings. The highest BCUT2D eigenvalue weighted by Gasteiger charge is 1.91. The first kappa shape index (κ1) is 11.1. The van der Waals surface area contributed by atoms with Gasteiger partial charge in [0, 0.05) is 5.75 Å². The second-order valence-electron chi connectivity index (χ2n) is 2.73. The third-order valence-corrected chi connectivity index (χ3v) is 1.87. The summed E-state index contributed by atoms with van der Waals surface area (Å²) in [6, 6.07) is 7.70. The largest absolute Gasteiger partial charge is 0.491 e. The minimum absolute atomic E-state index is 0.0430. The number of thiol groups is 1. The lowest BCUT2D eigenvalue weighted by Crippen LogP contribution is -2.01. The normalized spacial score (nSPS) is 10.7. The minimum Gasteiger partial charge on any atom is -0.491 e. The zero-order chi connectivity index (χ0) is 10.2. The predicted octanol–water partition coefficient (Wildman–Crippen LogP) is 2.00. The second kappa shape index (κ2) is 6.51. The van der Waals surface area contributed by atoms with Gasteiger partial charge in [-0.1, -0.05) is 24.3 Å². The summed E-state index contributed by atoms with van der Waals surface area (Å²) in [5.41, 5.74) is 1.12. The molecule has 0 heterocycles. The molecule has 0 amide bonds. The van der Waals surface area contributed by atoms with E-state index in [2.05, 4.69) is 12.6 Å². The average molecular weight is 210 g/mol. The molecular formula is C11H14O2S. The Morgan fingerprint density at radius 3 is 2.57 bits per heavy atom. The van der Waals surface area contributed by atoms with Crippen LogP contribution in [0.4, 0.5) is 0 Å². The molecule has 1 N–H and O–H groups in total. The van der Waals surface area contributed by atoms with Gasteiger partial charge >= 0.3 is 0 Å². The Morgan fingerprint density at radius 1 is 1.29 bits per heavy atom. The molecule has 0 bridgehead atoms. The average Bonchev–Trinajstić information content (AvgIpc) is 2.25. The van der Waals surface area contributed by atoms with Crippen molar-refractivity contribution >= 4 is 18.7 Å². The maximum absolute atomic E-state index is 8.55. The Bertz CT molecular complexity index is 280. The number of rotatable bonds is 5. The molecule has 0 saturated heterocycles. The second-order valence-corrected chi connectivity index (χ2v) is 3.09. The lowest BCUT2D eigenvalue weighted by molar-refractivity contribution is 0.201. The van der Waals surface area contributed by atoms with Crippen LogP contribution in [0.2, 0.25) is 0 Å². The lowest BCUT2D eigenvalue weighted by atomic mass is 10.2. The van der Waals surface area contributed by atoms with Crippen molar-refractivity contribution in [3.8, 4) is 5.75 Å². The standard InChI is InChI=1S/C11H14O2S/c12-7-8-13-11-5-3-10(4-6-11)2-1-9-14/h1-6,12,14H,7-9H2. The van der Waals surface area contributed by atoms with Gasteiger partial charge in [0.2, 0.25) is 0 Å². The number of hydrogen-bond acceptors (Lipinski definition) is 3. The number of ether oxygens (including phenoxy) is 1. The fourth-order valence-corrected chi connectivity index (χ4v) is 1.13. The molecule has 3 heteroatoms. The highest BCUT2D eigenvalue weighted by molar-refractivity contribution is 7.80. The van der Waals surface area contributed by atoms with E-state index in [1.807, 2.05) is 36.4 Å². The van der Waals surface area contributed by atoms with Gasteiger partial charge in [0.1, 0.15) is 12.4 Å². The van der Waals surface area contributed by atoms with Crippen LogP contribution in [-0.2, 0) is 0 Å². The monoisotopic (exact) mass is 210 g/mol. The van der Waals surface area contributed by atoms with E-state index in [0.717, 1.165) is 17.1 Å². The minimum atomic E-state index is 0.0430. The van der Waals surface area contributed by atoms with Crippen LogP contribution in [-0.4, -0.2) is 24.1 Å². The van der Waals surface area contributed by atoms with E-state index < -0.39 is 0 Å². The first-order chi connectivity index (χ1) is 6.86. The Morgan fingerprint density at radius 2 is 2.00 bits per heavy atom. The summed E-state index contributed by atoms with van der Waals surface area (Å²) < 4.78 is 5.23. The van der Waals surface area contributed by atoms with Gasteiger partial charge in [-0.25, -0.2) is 0 Å². The van der Waals surface area contributed by atoms with Gasteiger partial charge in [-0.15, -0.1) is 0 Å². The molecule has 0 spiro atoms. The molecule has 0 radical (unpaired) electrons. The summed E-state index contributed by atoms with van der Waals surface area (Å²) in [5.74, 6) is 1.52. The first-order valence-electron chi connectivity index (χ1n) is 4.48. The van der Waals surface area contributed by atoms with Crippen molar-refractivity contribution in [2.45, 2.75) is 0 Å². The quantitative estimate of drug-likeness (QED) is 0.728. The topological polar surface area (TPSA) is 29.5 Å². The van der Waals surface area contributed by atoms with Crippen LogP contribution in [0, 0.1) is 0 Å². The third kappa shape index (κ3) is 3.85. The van der Waals surface area contributed by atoms with Crippen LogP contribution in [0.3, 0.4) is 0 Å². The molecule has 0 aromatic heterocycles. The highest BCUT2D eigenvalue weighted by atomic mass is 32.1. The van der Waals surface area contributed by atoms with Crippen LogP contribution in [0.25, 0.3) is 6.08 Å². The zero-order valence-electron chi connectivity index (χ0n) is 7.89. The highest BCUT2D eigenvalue weighted by Crippen LogP contribution is 2.12. The molecule has 0 aliphatic rings. The van der Waals surface area contributed by atoms with Crippen molar-refractivity contribution in [2.75, 3.05) is 19.0 Å².